The number of amides is 1. The minimum absolute atomic E-state index is 0.0979. The van der Waals surface area contributed by atoms with Gasteiger partial charge in [-0.3, -0.25) is 9.78 Å². The summed E-state index contributed by atoms with van der Waals surface area (Å²) in [5, 5.41) is 3.39. The van der Waals surface area contributed by atoms with Gasteiger partial charge < -0.3 is 10.2 Å². The molecule has 1 unspecified atom stereocenters. The molecule has 1 saturated heterocycles. The molecule has 4 nitrogen and oxygen atoms in total. The van der Waals surface area contributed by atoms with Gasteiger partial charge in [0, 0.05) is 31.4 Å². The fraction of sp³-hybridized carbons (Fsp3) is 0.600. The van der Waals surface area contributed by atoms with Gasteiger partial charge >= 0.3 is 0 Å². The van der Waals surface area contributed by atoms with Crippen molar-refractivity contribution >= 4 is 5.91 Å². The quantitative estimate of drug-likeness (QED) is 0.905. The number of pyridine rings is 1. The molecule has 1 aromatic rings. The summed E-state index contributed by atoms with van der Waals surface area (Å²) >= 11 is 0. The average Bonchev–Trinajstić information content (AvgIpc) is 2.46. The maximum absolute atomic E-state index is 12.5. The normalized spacial score (nSPS) is 24.8. The third-order valence-corrected chi connectivity index (χ3v) is 4.09. The van der Waals surface area contributed by atoms with Crippen molar-refractivity contribution in [2.45, 2.75) is 38.8 Å². The van der Waals surface area contributed by atoms with Crippen LogP contribution in [-0.4, -0.2) is 35.4 Å². The summed E-state index contributed by atoms with van der Waals surface area (Å²) in [5.41, 5.74) is 1.13. The Morgan fingerprint density at radius 3 is 2.79 bits per heavy atom. The van der Waals surface area contributed by atoms with Crippen LogP contribution in [0.5, 0.6) is 0 Å². The molecular formula is C15H23N3O. The van der Waals surface area contributed by atoms with Gasteiger partial charge in [-0.2, -0.15) is 0 Å². The molecule has 19 heavy (non-hydrogen) atoms. The van der Waals surface area contributed by atoms with Crippen LogP contribution < -0.4 is 5.32 Å². The van der Waals surface area contributed by atoms with Crippen LogP contribution in [0.1, 0.15) is 38.3 Å². The molecule has 0 aliphatic carbocycles. The van der Waals surface area contributed by atoms with E-state index in [0.29, 0.717) is 6.04 Å². The summed E-state index contributed by atoms with van der Waals surface area (Å²) in [7, 11) is 1.90. The molecule has 1 N–H and O–H groups in total. The van der Waals surface area contributed by atoms with E-state index in [4.69, 9.17) is 0 Å². The summed E-state index contributed by atoms with van der Waals surface area (Å²) in [6.45, 7) is 5.15. The number of aromatic nitrogens is 1. The molecule has 1 aliphatic heterocycles. The topological polar surface area (TPSA) is 45.2 Å². The van der Waals surface area contributed by atoms with Crippen LogP contribution in [0.15, 0.2) is 24.5 Å². The number of hydrogen-bond acceptors (Lipinski definition) is 3. The van der Waals surface area contributed by atoms with Crippen molar-refractivity contribution in [2.75, 3.05) is 13.6 Å². The standard InChI is InChI=1S/C15H23N3O/c1-11-10-14(6-9-17-11)15(19)18(3)12(2)13-4-7-16-8-5-13/h4-5,7-8,11-12,14,17H,6,9-10H2,1-3H3/t11-,12?,14-/m0/s1. The van der Waals surface area contributed by atoms with Gasteiger partial charge in [0.05, 0.1) is 6.04 Å². The van der Waals surface area contributed by atoms with Crippen molar-refractivity contribution in [1.29, 1.82) is 0 Å². The Bertz CT molecular complexity index is 421. The first-order valence-corrected chi connectivity index (χ1v) is 6.99. The average molecular weight is 261 g/mol. The van der Waals surface area contributed by atoms with E-state index in [1.165, 1.54) is 0 Å². The first-order valence-electron chi connectivity index (χ1n) is 6.99. The molecule has 1 fully saturated rings. The van der Waals surface area contributed by atoms with Crippen LogP contribution in [0.2, 0.25) is 0 Å². The second-order valence-electron chi connectivity index (χ2n) is 5.48. The summed E-state index contributed by atoms with van der Waals surface area (Å²) in [6.07, 6.45) is 5.43. The largest absolute Gasteiger partial charge is 0.339 e. The van der Waals surface area contributed by atoms with Crippen molar-refractivity contribution in [1.82, 2.24) is 15.2 Å². The highest BCUT2D eigenvalue weighted by atomic mass is 16.2. The number of hydrogen-bond donors (Lipinski definition) is 1. The number of carbonyl (C=O) groups excluding carboxylic acids is 1. The molecule has 1 aromatic heterocycles. The highest BCUT2D eigenvalue weighted by Gasteiger charge is 2.29. The van der Waals surface area contributed by atoms with Gasteiger partial charge in [-0.15, -0.1) is 0 Å². The molecule has 2 heterocycles. The minimum atomic E-state index is 0.0979. The number of nitrogens with one attached hydrogen (secondary N) is 1. The van der Waals surface area contributed by atoms with E-state index in [9.17, 15) is 4.79 Å². The smallest absolute Gasteiger partial charge is 0.226 e. The predicted octanol–water partition coefficient (Wildman–Crippen LogP) is 1.99. The summed E-state index contributed by atoms with van der Waals surface area (Å²) in [4.78, 5) is 18.4. The van der Waals surface area contributed by atoms with E-state index >= 15 is 0 Å². The summed E-state index contributed by atoms with van der Waals surface area (Å²) in [5.74, 6) is 0.420. The Balaban J connectivity index is 2.02. The van der Waals surface area contributed by atoms with Crippen molar-refractivity contribution in [3.8, 4) is 0 Å². The molecule has 4 heteroatoms. The predicted molar refractivity (Wildman–Crippen MR) is 75.6 cm³/mol. The molecule has 0 saturated carbocycles. The van der Waals surface area contributed by atoms with Crippen LogP contribution >= 0.6 is 0 Å². The lowest BCUT2D eigenvalue weighted by Gasteiger charge is -2.33. The maximum Gasteiger partial charge on any atom is 0.226 e. The molecule has 0 radical (unpaired) electrons. The van der Waals surface area contributed by atoms with E-state index in [0.717, 1.165) is 24.9 Å². The Labute approximate surface area is 115 Å². The van der Waals surface area contributed by atoms with Gasteiger partial charge in [-0.05, 0) is 50.9 Å². The zero-order chi connectivity index (χ0) is 13.8. The van der Waals surface area contributed by atoms with E-state index in [1.54, 1.807) is 12.4 Å². The van der Waals surface area contributed by atoms with Crippen molar-refractivity contribution in [3.63, 3.8) is 0 Å². The third kappa shape index (κ3) is 3.32. The summed E-state index contributed by atoms with van der Waals surface area (Å²) in [6, 6.07) is 4.48. The van der Waals surface area contributed by atoms with Crippen molar-refractivity contribution in [3.05, 3.63) is 30.1 Å². The van der Waals surface area contributed by atoms with Gasteiger partial charge in [-0.1, -0.05) is 0 Å². The van der Waals surface area contributed by atoms with Gasteiger partial charge in [0.25, 0.3) is 0 Å². The lowest BCUT2D eigenvalue weighted by Crippen LogP contribution is -2.43. The van der Waals surface area contributed by atoms with Crippen LogP contribution in [0.25, 0.3) is 0 Å². The van der Waals surface area contributed by atoms with Crippen LogP contribution in [-0.2, 0) is 4.79 Å². The number of piperidine rings is 1. The highest BCUT2D eigenvalue weighted by molar-refractivity contribution is 5.79. The van der Waals surface area contributed by atoms with Gasteiger partial charge in [0.15, 0.2) is 0 Å². The fourth-order valence-electron chi connectivity index (χ4n) is 2.70. The highest BCUT2D eigenvalue weighted by Crippen LogP contribution is 2.24. The first-order chi connectivity index (χ1) is 9.09. The van der Waals surface area contributed by atoms with E-state index in [1.807, 2.05) is 24.1 Å². The zero-order valence-electron chi connectivity index (χ0n) is 12.0. The lowest BCUT2D eigenvalue weighted by molar-refractivity contribution is -0.137. The molecule has 0 spiro atoms. The second kappa shape index (κ2) is 6.15. The first kappa shape index (κ1) is 14.0. The third-order valence-electron chi connectivity index (χ3n) is 4.09. The van der Waals surface area contributed by atoms with Crippen molar-refractivity contribution < 1.29 is 4.79 Å². The molecule has 0 bridgehead atoms. The zero-order valence-corrected chi connectivity index (χ0v) is 12.0. The van der Waals surface area contributed by atoms with Crippen LogP contribution in [0.3, 0.4) is 0 Å². The lowest BCUT2D eigenvalue weighted by atomic mass is 9.91. The van der Waals surface area contributed by atoms with Gasteiger partial charge in [0.2, 0.25) is 5.91 Å². The molecular weight excluding hydrogens is 238 g/mol. The molecule has 3 atom stereocenters. The molecule has 2 rings (SSSR count). The second-order valence-corrected chi connectivity index (χ2v) is 5.48. The Hall–Kier alpha value is -1.42. The maximum atomic E-state index is 12.5. The molecule has 104 valence electrons. The Kier molecular flexibility index (Phi) is 4.53. The number of rotatable bonds is 3. The SMILES string of the molecule is CC(c1ccncc1)N(C)C(=O)[C@H]1CCN[C@@H](C)C1. The Morgan fingerprint density at radius 2 is 2.16 bits per heavy atom. The van der Waals surface area contributed by atoms with E-state index in [2.05, 4.69) is 24.1 Å². The molecule has 0 aromatic carbocycles. The molecule has 1 aliphatic rings. The van der Waals surface area contributed by atoms with Crippen molar-refractivity contribution in [2.24, 2.45) is 5.92 Å². The fourth-order valence-corrected chi connectivity index (χ4v) is 2.70. The van der Waals surface area contributed by atoms with Gasteiger partial charge in [-0.25, -0.2) is 0 Å². The Morgan fingerprint density at radius 1 is 1.47 bits per heavy atom. The van der Waals surface area contributed by atoms with Crippen LogP contribution in [0.4, 0.5) is 0 Å². The number of nitrogens with zero attached hydrogens (tertiary/aromatic N) is 2. The molecule has 1 amide bonds. The van der Waals surface area contributed by atoms with E-state index in [-0.39, 0.29) is 17.9 Å². The van der Waals surface area contributed by atoms with Crippen LogP contribution in [0, 0.1) is 5.92 Å². The van der Waals surface area contributed by atoms with Gasteiger partial charge in [0.1, 0.15) is 0 Å². The minimum Gasteiger partial charge on any atom is -0.339 e. The number of carbonyl (C=O) groups is 1. The summed E-state index contributed by atoms with van der Waals surface area (Å²) < 4.78 is 0. The van der Waals surface area contributed by atoms with E-state index < -0.39 is 0 Å². The monoisotopic (exact) mass is 261 g/mol.